The topological polar surface area (TPSA) is 66.0 Å². The van der Waals surface area contributed by atoms with Crippen LogP contribution in [0.2, 0.25) is 0 Å². The lowest BCUT2D eigenvalue weighted by Gasteiger charge is -2.16. The largest absolute Gasteiger partial charge is 0.331 e. The molecule has 0 radical (unpaired) electrons. The standard InChI is InChI=1S/C17H19N3O3/c1-4-18-14-13(11-9-7-8-10-12(11)15(18)21)19(5-2)17(23)20(6-3)16(14)22/h7-10H,4-6H2,1-3H3. The zero-order valence-electron chi connectivity index (χ0n) is 13.5. The fraction of sp³-hybridized carbons (Fsp3) is 0.353. The van der Waals surface area contributed by atoms with Crippen molar-refractivity contribution in [2.24, 2.45) is 0 Å². The van der Waals surface area contributed by atoms with E-state index in [4.69, 9.17) is 0 Å². The molecule has 3 rings (SSSR count). The predicted octanol–water partition coefficient (Wildman–Crippen LogP) is 1.54. The molecule has 1 aromatic carbocycles. The Morgan fingerprint density at radius 1 is 0.696 bits per heavy atom. The Balaban J connectivity index is 2.83. The summed E-state index contributed by atoms with van der Waals surface area (Å²) in [5.74, 6) is 0. The van der Waals surface area contributed by atoms with E-state index >= 15 is 0 Å². The summed E-state index contributed by atoms with van der Waals surface area (Å²) in [6.45, 7) is 6.53. The van der Waals surface area contributed by atoms with Crippen molar-refractivity contribution in [2.45, 2.75) is 40.4 Å². The number of fused-ring (bicyclic) bond motifs is 3. The van der Waals surface area contributed by atoms with Gasteiger partial charge in [-0.2, -0.15) is 0 Å². The second-order valence-corrected chi connectivity index (χ2v) is 5.37. The summed E-state index contributed by atoms with van der Waals surface area (Å²) in [4.78, 5) is 38.2. The van der Waals surface area contributed by atoms with Gasteiger partial charge in [-0.15, -0.1) is 0 Å². The number of rotatable bonds is 3. The predicted molar refractivity (Wildman–Crippen MR) is 91.3 cm³/mol. The molecule has 120 valence electrons. The van der Waals surface area contributed by atoms with Crippen molar-refractivity contribution in [3.05, 3.63) is 55.5 Å². The van der Waals surface area contributed by atoms with Crippen LogP contribution in [0.4, 0.5) is 0 Å². The first-order chi connectivity index (χ1) is 11.1. The van der Waals surface area contributed by atoms with Gasteiger partial charge in [-0.3, -0.25) is 18.7 Å². The monoisotopic (exact) mass is 313 g/mol. The van der Waals surface area contributed by atoms with Crippen LogP contribution in [-0.4, -0.2) is 13.7 Å². The first-order valence-corrected chi connectivity index (χ1v) is 7.85. The van der Waals surface area contributed by atoms with Gasteiger partial charge in [0.05, 0.1) is 5.52 Å². The molecule has 0 N–H and O–H groups in total. The Kier molecular flexibility index (Phi) is 3.67. The number of hydrogen-bond donors (Lipinski definition) is 0. The summed E-state index contributed by atoms with van der Waals surface area (Å²) in [5.41, 5.74) is -0.0822. The van der Waals surface area contributed by atoms with Gasteiger partial charge in [0.1, 0.15) is 5.52 Å². The van der Waals surface area contributed by atoms with Gasteiger partial charge in [0.15, 0.2) is 0 Å². The highest BCUT2D eigenvalue weighted by Crippen LogP contribution is 2.19. The van der Waals surface area contributed by atoms with Gasteiger partial charge in [0, 0.05) is 30.4 Å². The Bertz CT molecular complexity index is 1090. The average Bonchev–Trinajstić information content (AvgIpc) is 2.57. The molecule has 0 aliphatic heterocycles. The summed E-state index contributed by atoms with van der Waals surface area (Å²) < 4.78 is 4.23. The zero-order valence-corrected chi connectivity index (χ0v) is 13.5. The van der Waals surface area contributed by atoms with Crippen molar-refractivity contribution in [1.82, 2.24) is 13.7 Å². The second-order valence-electron chi connectivity index (χ2n) is 5.37. The summed E-state index contributed by atoms with van der Waals surface area (Å²) in [7, 11) is 0. The van der Waals surface area contributed by atoms with Crippen LogP contribution in [0.3, 0.4) is 0 Å². The van der Waals surface area contributed by atoms with Crippen LogP contribution < -0.4 is 16.8 Å². The fourth-order valence-corrected chi connectivity index (χ4v) is 3.20. The summed E-state index contributed by atoms with van der Waals surface area (Å²) in [6.07, 6.45) is 0. The molecule has 0 atom stereocenters. The van der Waals surface area contributed by atoms with E-state index in [0.29, 0.717) is 34.9 Å². The molecule has 0 amide bonds. The minimum absolute atomic E-state index is 0.198. The van der Waals surface area contributed by atoms with Crippen molar-refractivity contribution in [2.75, 3.05) is 0 Å². The van der Waals surface area contributed by atoms with E-state index < -0.39 is 5.56 Å². The highest BCUT2D eigenvalue weighted by molar-refractivity contribution is 6.03. The number of hydrogen-bond acceptors (Lipinski definition) is 3. The molecule has 0 aliphatic rings. The van der Waals surface area contributed by atoms with E-state index in [0.717, 1.165) is 0 Å². The van der Waals surface area contributed by atoms with Crippen LogP contribution in [0, 0.1) is 0 Å². The maximum Gasteiger partial charge on any atom is 0.331 e. The average molecular weight is 313 g/mol. The molecular formula is C17H19N3O3. The van der Waals surface area contributed by atoms with Gasteiger partial charge < -0.3 is 4.57 Å². The van der Waals surface area contributed by atoms with Crippen molar-refractivity contribution < 1.29 is 0 Å². The highest BCUT2D eigenvalue weighted by Gasteiger charge is 2.19. The van der Waals surface area contributed by atoms with Gasteiger partial charge in [0.25, 0.3) is 11.1 Å². The van der Waals surface area contributed by atoms with Crippen LogP contribution >= 0.6 is 0 Å². The van der Waals surface area contributed by atoms with Gasteiger partial charge in [-0.1, -0.05) is 18.2 Å². The van der Waals surface area contributed by atoms with Gasteiger partial charge in [0.2, 0.25) is 0 Å². The Morgan fingerprint density at radius 3 is 1.83 bits per heavy atom. The van der Waals surface area contributed by atoms with Crippen molar-refractivity contribution in [3.63, 3.8) is 0 Å². The number of benzene rings is 1. The van der Waals surface area contributed by atoms with Crippen LogP contribution in [-0.2, 0) is 19.6 Å². The fourth-order valence-electron chi connectivity index (χ4n) is 3.20. The summed E-state index contributed by atoms with van der Waals surface area (Å²) in [5, 5.41) is 1.17. The molecular weight excluding hydrogens is 294 g/mol. The Labute approximate surface area is 132 Å². The van der Waals surface area contributed by atoms with Crippen molar-refractivity contribution >= 4 is 21.8 Å². The maximum absolute atomic E-state index is 12.8. The Hall–Kier alpha value is -2.63. The molecule has 0 spiro atoms. The lowest BCUT2D eigenvalue weighted by molar-refractivity contribution is 0.601. The van der Waals surface area contributed by atoms with Crippen LogP contribution in [0.1, 0.15) is 20.8 Å². The molecule has 0 saturated carbocycles. The lowest BCUT2D eigenvalue weighted by atomic mass is 10.1. The third-order valence-corrected chi connectivity index (χ3v) is 4.28. The van der Waals surface area contributed by atoms with Crippen LogP contribution in [0.25, 0.3) is 21.8 Å². The molecule has 3 aromatic rings. The number of aryl methyl sites for hydroxylation is 2. The van der Waals surface area contributed by atoms with Crippen LogP contribution in [0.5, 0.6) is 0 Å². The van der Waals surface area contributed by atoms with E-state index in [9.17, 15) is 14.4 Å². The molecule has 0 aliphatic carbocycles. The quantitative estimate of drug-likeness (QED) is 0.689. The zero-order chi connectivity index (χ0) is 16.7. The smallest absolute Gasteiger partial charge is 0.302 e. The molecule has 0 saturated heterocycles. The third-order valence-electron chi connectivity index (χ3n) is 4.28. The van der Waals surface area contributed by atoms with E-state index in [1.165, 1.54) is 9.13 Å². The molecule has 0 unspecified atom stereocenters. The first-order valence-electron chi connectivity index (χ1n) is 7.85. The molecule has 0 bridgehead atoms. The molecule has 6 heteroatoms. The third kappa shape index (κ3) is 1.98. The maximum atomic E-state index is 12.8. The highest BCUT2D eigenvalue weighted by atomic mass is 16.2. The Morgan fingerprint density at radius 2 is 1.26 bits per heavy atom. The lowest BCUT2D eigenvalue weighted by Crippen LogP contribution is -2.42. The van der Waals surface area contributed by atoms with Crippen molar-refractivity contribution in [1.29, 1.82) is 0 Å². The van der Waals surface area contributed by atoms with Gasteiger partial charge in [-0.25, -0.2) is 4.79 Å². The normalized spacial score (nSPS) is 11.4. The van der Waals surface area contributed by atoms with Crippen molar-refractivity contribution in [3.8, 4) is 0 Å². The van der Waals surface area contributed by atoms with E-state index in [-0.39, 0.29) is 17.8 Å². The molecule has 6 nitrogen and oxygen atoms in total. The minimum Gasteiger partial charge on any atom is -0.302 e. The second kappa shape index (κ2) is 5.53. The van der Waals surface area contributed by atoms with E-state index in [2.05, 4.69) is 0 Å². The van der Waals surface area contributed by atoms with E-state index in [1.807, 2.05) is 19.9 Å². The van der Waals surface area contributed by atoms with Gasteiger partial charge >= 0.3 is 5.69 Å². The number of nitrogens with zero attached hydrogens (tertiary/aromatic N) is 3. The molecule has 2 aromatic heterocycles. The molecule has 0 fully saturated rings. The number of aromatic nitrogens is 3. The minimum atomic E-state index is -0.401. The van der Waals surface area contributed by atoms with Crippen LogP contribution in [0.15, 0.2) is 38.6 Å². The summed E-state index contributed by atoms with van der Waals surface area (Å²) >= 11 is 0. The van der Waals surface area contributed by atoms with Gasteiger partial charge in [-0.05, 0) is 26.8 Å². The SMILES string of the molecule is CCn1c(=O)c2c(c3ccccc3c(=O)n2CC)n(CC)c1=O. The summed E-state index contributed by atoms with van der Waals surface area (Å²) in [6, 6.07) is 7.13. The molecule has 2 heterocycles. The molecule has 23 heavy (non-hydrogen) atoms. The number of pyridine rings is 1. The first kappa shape index (κ1) is 15.3. The van der Waals surface area contributed by atoms with E-state index in [1.54, 1.807) is 29.7 Å².